The van der Waals surface area contributed by atoms with Crippen molar-refractivity contribution >= 4 is 11.7 Å². The van der Waals surface area contributed by atoms with E-state index in [9.17, 15) is 9.59 Å². The molecular formula is C19H33NO2. The van der Waals surface area contributed by atoms with E-state index < -0.39 is 0 Å². The SMILES string of the molecule is CCCCCCCCCCCC(=O)C1=C(C)CC(C)NC1=O. The summed E-state index contributed by atoms with van der Waals surface area (Å²) in [7, 11) is 0. The van der Waals surface area contributed by atoms with Gasteiger partial charge in [-0.25, -0.2) is 0 Å². The number of amides is 1. The maximum atomic E-state index is 12.2. The third-order valence-corrected chi connectivity index (χ3v) is 4.43. The summed E-state index contributed by atoms with van der Waals surface area (Å²) in [5.41, 5.74) is 1.38. The average Bonchev–Trinajstić information content (AvgIpc) is 2.44. The number of unbranched alkanes of at least 4 members (excludes halogenated alkanes) is 8. The lowest BCUT2D eigenvalue weighted by atomic mass is 9.92. The second-order valence-corrected chi connectivity index (χ2v) is 6.74. The predicted octanol–water partition coefficient (Wildman–Crippen LogP) is 4.70. The fourth-order valence-corrected chi connectivity index (χ4v) is 3.19. The molecule has 0 spiro atoms. The van der Waals surface area contributed by atoms with Gasteiger partial charge in [0.25, 0.3) is 5.91 Å². The van der Waals surface area contributed by atoms with Crippen LogP contribution in [0, 0.1) is 0 Å². The molecule has 0 aliphatic carbocycles. The Bertz CT molecular complexity index is 398. The van der Waals surface area contributed by atoms with E-state index in [-0.39, 0.29) is 17.7 Å². The van der Waals surface area contributed by atoms with Crippen LogP contribution in [0.3, 0.4) is 0 Å². The Kier molecular flexibility index (Phi) is 9.10. The van der Waals surface area contributed by atoms with Crippen molar-refractivity contribution in [1.82, 2.24) is 5.32 Å². The minimum absolute atomic E-state index is 0.0323. The van der Waals surface area contributed by atoms with Crippen LogP contribution in [0.1, 0.15) is 91.4 Å². The first-order valence-electron chi connectivity index (χ1n) is 9.10. The van der Waals surface area contributed by atoms with Gasteiger partial charge in [-0.15, -0.1) is 0 Å². The Hall–Kier alpha value is -1.12. The summed E-state index contributed by atoms with van der Waals surface area (Å²) < 4.78 is 0. The van der Waals surface area contributed by atoms with Gasteiger partial charge < -0.3 is 5.32 Å². The quantitative estimate of drug-likeness (QED) is 0.444. The second-order valence-electron chi connectivity index (χ2n) is 6.74. The highest BCUT2D eigenvalue weighted by Gasteiger charge is 2.26. The Morgan fingerprint density at radius 3 is 2.14 bits per heavy atom. The van der Waals surface area contributed by atoms with E-state index in [1.165, 1.54) is 44.9 Å². The zero-order valence-corrected chi connectivity index (χ0v) is 14.7. The van der Waals surface area contributed by atoms with Crippen LogP contribution in [-0.4, -0.2) is 17.7 Å². The summed E-state index contributed by atoms with van der Waals surface area (Å²) in [5, 5.41) is 2.86. The molecule has 1 heterocycles. The summed E-state index contributed by atoms with van der Waals surface area (Å²) in [4.78, 5) is 24.1. The number of nitrogens with one attached hydrogen (secondary N) is 1. The largest absolute Gasteiger partial charge is 0.349 e. The zero-order valence-electron chi connectivity index (χ0n) is 14.7. The Morgan fingerprint density at radius 1 is 1.05 bits per heavy atom. The monoisotopic (exact) mass is 307 g/mol. The first-order chi connectivity index (χ1) is 10.6. The molecular weight excluding hydrogens is 274 g/mol. The van der Waals surface area contributed by atoms with Crippen molar-refractivity contribution in [2.45, 2.75) is 97.4 Å². The Morgan fingerprint density at radius 2 is 1.59 bits per heavy atom. The van der Waals surface area contributed by atoms with E-state index in [0.717, 1.165) is 24.8 Å². The van der Waals surface area contributed by atoms with E-state index in [2.05, 4.69) is 12.2 Å². The third kappa shape index (κ3) is 6.76. The molecule has 0 saturated heterocycles. The maximum absolute atomic E-state index is 12.2. The number of carbonyl (C=O) groups is 2. The van der Waals surface area contributed by atoms with Crippen molar-refractivity contribution in [3.8, 4) is 0 Å². The molecule has 1 aliphatic heterocycles. The smallest absolute Gasteiger partial charge is 0.255 e. The average molecular weight is 307 g/mol. The third-order valence-electron chi connectivity index (χ3n) is 4.43. The number of Topliss-reactive ketones (excluding diaryl/α,β-unsaturated/α-hetero) is 1. The normalized spacial score (nSPS) is 18.5. The van der Waals surface area contributed by atoms with Gasteiger partial charge in [0.05, 0.1) is 5.57 Å². The molecule has 0 bridgehead atoms. The van der Waals surface area contributed by atoms with Crippen molar-refractivity contribution in [2.75, 3.05) is 0 Å². The van der Waals surface area contributed by atoms with Crippen molar-refractivity contribution in [2.24, 2.45) is 0 Å². The van der Waals surface area contributed by atoms with Crippen molar-refractivity contribution in [3.05, 3.63) is 11.1 Å². The summed E-state index contributed by atoms with van der Waals surface area (Å²) in [6, 6.07) is 0.150. The van der Waals surface area contributed by atoms with Gasteiger partial charge in [-0.1, -0.05) is 63.9 Å². The van der Waals surface area contributed by atoms with E-state index >= 15 is 0 Å². The highest BCUT2D eigenvalue weighted by atomic mass is 16.2. The molecule has 126 valence electrons. The summed E-state index contributed by atoms with van der Waals surface area (Å²) in [6.45, 7) is 6.13. The lowest BCUT2D eigenvalue weighted by molar-refractivity contribution is -0.123. The topological polar surface area (TPSA) is 46.2 Å². The van der Waals surface area contributed by atoms with Crippen LogP contribution in [-0.2, 0) is 9.59 Å². The van der Waals surface area contributed by atoms with Gasteiger partial charge in [0, 0.05) is 12.5 Å². The van der Waals surface area contributed by atoms with E-state index in [4.69, 9.17) is 0 Å². The van der Waals surface area contributed by atoms with Gasteiger partial charge in [-0.3, -0.25) is 9.59 Å². The molecule has 0 aromatic carbocycles. The van der Waals surface area contributed by atoms with Crippen molar-refractivity contribution in [1.29, 1.82) is 0 Å². The van der Waals surface area contributed by atoms with Gasteiger partial charge in [-0.2, -0.15) is 0 Å². The summed E-state index contributed by atoms with van der Waals surface area (Å²) in [6.07, 6.45) is 12.5. The van der Waals surface area contributed by atoms with Gasteiger partial charge in [-0.05, 0) is 26.7 Å². The number of carbonyl (C=O) groups excluding carboxylic acids is 2. The molecule has 1 rings (SSSR count). The number of rotatable bonds is 11. The van der Waals surface area contributed by atoms with E-state index in [1.807, 2.05) is 13.8 Å². The summed E-state index contributed by atoms with van der Waals surface area (Å²) in [5.74, 6) is -0.137. The van der Waals surface area contributed by atoms with E-state index in [0.29, 0.717) is 12.0 Å². The van der Waals surface area contributed by atoms with Crippen LogP contribution < -0.4 is 5.32 Å². The van der Waals surface area contributed by atoms with Crippen LogP contribution in [0.5, 0.6) is 0 Å². The van der Waals surface area contributed by atoms with Crippen LogP contribution in [0.4, 0.5) is 0 Å². The number of ketones is 1. The van der Waals surface area contributed by atoms with Crippen LogP contribution >= 0.6 is 0 Å². The molecule has 0 aromatic rings. The van der Waals surface area contributed by atoms with E-state index in [1.54, 1.807) is 0 Å². The molecule has 22 heavy (non-hydrogen) atoms. The van der Waals surface area contributed by atoms with Gasteiger partial charge >= 0.3 is 0 Å². The highest BCUT2D eigenvalue weighted by Crippen LogP contribution is 2.20. The number of hydrogen-bond donors (Lipinski definition) is 1. The predicted molar refractivity (Wildman–Crippen MR) is 91.8 cm³/mol. The van der Waals surface area contributed by atoms with Crippen molar-refractivity contribution in [3.63, 3.8) is 0 Å². The molecule has 1 unspecified atom stereocenters. The zero-order chi connectivity index (χ0) is 16.4. The molecule has 1 amide bonds. The lowest BCUT2D eigenvalue weighted by Gasteiger charge is -2.23. The van der Waals surface area contributed by atoms with Crippen LogP contribution in [0.15, 0.2) is 11.1 Å². The second kappa shape index (κ2) is 10.6. The molecule has 0 aromatic heterocycles. The Balaban J connectivity index is 2.16. The molecule has 1 aliphatic rings. The minimum Gasteiger partial charge on any atom is -0.349 e. The minimum atomic E-state index is -0.169. The van der Waals surface area contributed by atoms with Crippen molar-refractivity contribution < 1.29 is 9.59 Å². The molecule has 3 nitrogen and oxygen atoms in total. The molecule has 1 N–H and O–H groups in total. The summed E-state index contributed by atoms with van der Waals surface area (Å²) >= 11 is 0. The standard InChI is InChI=1S/C19H33NO2/c1-4-5-6-7-8-9-10-11-12-13-17(21)18-15(2)14-16(3)20-19(18)22/h16H,4-14H2,1-3H3,(H,20,22). The first kappa shape index (κ1) is 18.9. The van der Waals surface area contributed by atoms with Crippen LogP contribution in [0.2, 0.25) is 0 Å². The molecule has 1 atom stereocenters. The van der Waals surface area contributed by atoms with Crippen LogP contribution in [0.25, 0.3) is 0 Å². The fraction of sp³-hybridized carbons (Fsp3) is 0.789. The van der Waals surface area contributed by atoms with Gasteiger partial charge in [0.1, 0.15) is 0 Å². The molecule has 3 heteroatoms. The molecule has 0 fully saturated rings. The number of hydrogen-bond acceptors (Lipinski definition) is 2. The van der Waals surface area contributed by atoms with Gasteiger partial charge in [0.2, 0.25) is 0 Å². The van der Waals surface area contributed by atoms with Gasteiger partial charge in [0.15, 0.2) is 5.78 Å². The Labute approximate surface area is 135 Å². The lowest BCUT2D eigenvalue weighted by Crippen LogP contribution is -2.40. The highest BCUT2D eigenvalue weighted by molar-refractivity contribution is 6.20. The molecule has 0 radical (unpaired) electrons. The molecule has 0 saturated carbocycles. The maximum Gasteiger partial charge on any atom is 0.255 e. The fourth-order valence-electron chi connectivity index (χ4n) is 3.19. The first-order valence-corrected chi connectivity index (χ1v) is 9.10.